The second-order valence-corrected chi connectivity index (χ2v) is 14.7. The van der Waals surface area contributed by atoms with E-state index in [1.807, 2.05) is 60.4 Å². The molecule has 6 heterocycles. The summed E-state index contributed by atoms with van der Waals surface area (Å²) in [5.41, 5.74) is 8.01. The van der Waals surface area contributed by atoms with Crippen molar-refractivity contribution in [3.63, 3.8) is 0 Å². The molecular weight excluding hydrogens is 645 g/mol. The topological polar surface area (TPSA) is 103 Å². The molecule has 3 aromatic heterocycles. The Morgan fingerprint density at radius 1 is 0.960 bits per heavy atom. The van der Waals surface area contributed by atoms with Crippen molar-refractivity contribution in [2.24, 2.45) is 5.41 Å². The summed E-state index contributed by atoms with van der Waals surface area (Å²) in [6.45, 7) is 5.87. The fourth-order valence-electron chi connectivity index (χ4n) is 7.64. The SMILES string of the molecule is Cc1ccnc(N2CC3(CCOCC3)C2)c1C(=O)Nc1ccc(C(=O)N2CCc3cc(-c4nc5ccccc5[nH]4)sc3-c3ccccc32)cc1. The maximum atomic E-state index is 14.1. The number of anilines is 3. The molecule has 0 aliphatic carbocycles. The number of hydrogen-bond donors (Lipinski definition) is 2. The highest BCUT2D eigenvalue weighted by Gasteiger charge is 2.45. The van der Waals surface area contributed by atoms with Crippen LogP contribution in [0.2, 0.25) is 0 Å². The number of para-hydroxylation sites is 3. The lowest BCUT2D eigenvalue weighted by Crippen LogP contribution is -2.59. The van der Waals surface area contributed by atoms with Gasteiger partial charge in [-0.05, 0) is 91.9 Å². The van der Waals surface area contributed by atoms with Gasteiger partial charge in [0.1, 0.15) is 11.6 Å². The Bertz CT molecular complexity index is 2230. The Morgan fingerprint density at radius 2 is 1.74 bits per heavy atom. The highest BCUT2D eigenvalue weighted by atomic mass is 32.1. The first-order valence-electron chi connectivity index (χ1n) is 17.1. The number of aromatic amines is 1. The molecule has 3 aromatic carbocycles. The Kier molecular flexibility index (Phi) is 7.51. The predicted octanol–water partition coefficient (Wildman–Crippen LogP) is 7.73. The van der Waals surface area contributed by atoms with Crippen molar-refractivity contribution in [2.75, 3.05) is 48.0 Å². The van der Waals surface area contributed by atoms with E-state index in [-0.39, 0.29) is 17.2 Å². The van der Waals surface area contributed by atoms with Crippen LogP contribution in [0.15, 0.2) is 91.1 Å². The van der Waals surface area contributed by atoms with E-state index >= 15 is 0 Å². The maximum Gasteiger partial charge on any atom is 0.259 e. The summed E-state index contributed by atoms with van der Waals surface area (Å²) in [6.07, 6.45) is 4.59. The average Bonchev–Trinajstić information content (AvgIpc) is 3.72. The minimum absolute atomic E-state index is 0.0757. The van der Waals surface area contributed by atoms with Gasteiger partial charge < -0.3 is 24.8 Å². The summed E-state index contributed by atoms with van der Waals surface area (Å²) in [7, 11) is 0. The van der Waals surface area contributed by atoms with Gasteiger partial charge in [0.05, 0.1) is 27.2 Å². The molecule has 10 heteroatoms. The summed E-state index contributed by atoms with van der Waals surface area (Å²) in [6, 6.07) is 27.5. The molecule has 50 heavy (non-hydrogen) atoms. The number of H-pyrrole nitrogens is 1. The van der Waals surface area contributed by atoms with Crippen LogP contribution < -0.4 is 15.1 Å². The van der Waals surface area contributed by atoms with Crippen molar-refractivity contribution >= 4 is 51.4 Å². The van der Waals surface area contributed by atoms with Crippen molar-refractivity contribution in [3.8, 4) is 21.1 Å². The van der Waals surface area contributed by atoms with Gasteiger partial charge in [-0.2, -0.15) is 0 Å². The molecule has 2 amide bonds. The standard InChI is InChI=1S/C40H36N6O3S/c1-25-14-18-41-37(45-23-40(24-45)16-20-49-21-17-40)34(25)38(47)42-28-12-10-26(11-13-28)39(48)46-19-15-27-22-33(36-43-30-7-3-4-8-31(30)44-36)50-35(27)29-6-2-5-9-32(29)46/h2-14,18,22H,15-17,19-21,23-24H2,1H3,(H,42,47)(H,43,44). The van der Waals surface area contributed by atoms with Gasteiger partial charge in [-0.1, -0.05) is 30.3 Å². The van der Waals surface area contributed by atoms with Crippen molar-refractivity contribution in [1.29, 1.82) is 0 Å². The van der Waals surface area contributed by atoms with E-state index in [2.05, 4.69) is 32.3 Å². The van der Waals surface area contributed by atoms with Gasteiger partial charge in [-0.15, -0.1) is 11.3 Å². The van der Waals surface area contributed by atoms with Crippen molar-refractivity contribution in [1.82, 2.24) is 15.0 Å². The minimum Gasteiger partial charge on any atom is -0.381 e. The monoisotopic (exact) mass is 680 g/mol. The lowest BCUT2D eigenvalue weighted by Gasteiger charge is -2.53. The Labute approximate surface area is 293 Å². The van der Waals surface area contributed by atoms with Crippen LogP contribution in [0.1, 0.15) is 44.7 Å². The molecule has 3 aliphatic heterocycles. The molecule has 1 spiro atoms. The summed E-state index contributed by atoms with van der Waals surface area (Å²) in [5, 5.41) is 3.06. The molecule has 0 unspecified atom stereocenters. The number of amides is 2. The first kappa shape index (κ1) is 30.7. The average molecular weight is 681 g/mol. The van der Waals surface area contributed by atoms with Gasteiger partial charge in [0.2, 0.25) is 0 Å². The third-order valence-corrected chi connectivity index (χ3v) is 11.6. The lowest BCUT2D eigenvalue weighted by molar-refractivity contribution is -0.000514. The quantitative estimate of drug-likeness (QED) is 0.193. The first-order valence-corrected chi connectivity index (χ1v) is 18.0. The molecule has 0 atom stereocenters. The van der Waals surface area contributed by atoms with E-state index in [0.29, 0.717) is 23.4 Å². The summed E-state index contributed by atoms with van der Waals surface area (Å²) in [5.74, 6) is 1.31. The van der Waals surface area contributed by atoms with Gasteiger partial charge in [0.25, 0.3) is 11.8 Å². The lowest BCUT2D eigenvalue weighted by atomic mass is 9.73. The number of pyridine rings is 1. The van der Waals surface area contributed by atoms with Gasteiger partial charge in [-0.3, -0.25) is 9.59 Å². The number of carbonyl (C=O) groups is 2. The number of ether oxygens (including phenoxy) is 1. The second kappa shape index (κ2) is 12.2. The van der Waals surface area contributed by atoms with E-state index in [1.165, 1.54) is 5.56 Å². The highest BCUT2D eigenvalue weighted by Crippen LogP contribution is 2.45. The zero-order chi connectivity index (χ0) is 33.8. The number of fused-ring (bicyclic) bond motifs is 4. The molecule has 9 nitrogen and oxygen atoms in total. The summed E-state index contributed by atoms with van der Waals surface area (Å²) in [4.78, 5) is 47.0. The molecule has 3 aliphatic rings. The molecule has 250 valence electrons. The van der Waals surface area contributed by atoms with Crippen LogP contribution in [0.3, 0.4) is 0 Å². The predicted molar refractivity (Wildman–Crippen MR) is 198 cm³/mol. The van der Waals surface area contributed by atoms with E-state index in [9.17, 15) is 9.59 Å². The molecule has 6 aromatic rings. The Morgan fingerprint density at radius 3 is 2.56 bits per heavy atom. The van der Waals surface area contributed by atoms with Crippen molar-refractivity contribution < 1.29 is 14.3 Å². The number of nitrogens with one attached hydrogen (secondary N) is 2. The molecule has 0 radical (unpaired) electrons. The zero-order valence-corrected chi connectivity index (χ0v) is 28.6. The second-order valence-electron chi connectivity index (χ2n) is 13.6. The Balaban J connectivity index is 0.929. The number of carbonyl (C=O) groups excluding carboxylic acids is 2. The molecule has 0 saturated carbocycles. The number of aryl methyl sites for hydroxylation is 1. The maximum absolute atomic E-state index is 14.1. The van der Waals surface area contributed by atoms with E-state index in [1.54, 1.807) is 41.8 Å². The van der Waals surface area contributed by atoms with Crippen LogP contribution >= 0.6 is 11.3 Å². The Hall–Kier alpha value is -5.32. The number of aromatic nitrogens is 3. The molecule has 2 N–H and O–H groups in total. The zero-order valence-electron chi connectivity index (χ0n) is 27.7. The van der Waals surface area contributed by atoms with Crippen molar-refractivity contribution in [2.45, 2.75) is 26.2 Å². The summed E-state index contributed by atoms with van der Waals surface area (Å²) >= 11 is 1.70. The van der Waals surface area contributed by atoms with Gasteiger partial charge >= 0.3 is 0 Å². The number of benzene rings is 3. The highest BCUT2D eigenvalue weighted by molar-refractivity contribution is 7.19. The van der Waals surface area contributed by atoms with Crippen molar-refractivity contribution in [3.05, 3.63) is 113 Å². The fraction of sp³-hybridized carbons (Fsp3) is 0.250. The fourth-order valence-corrected chi connectivity index (χ4v) is 8.83. The number of nitrogens with zero attached hydrogens (tertiary/aromatic N) is 4. The van der Waals surface area contributed by atoms with Crippen LogP contribution in [0.5, 0.6) is 0 Å². The number of imidazole rings is 1. The molecular formula is C40H36N6O3S. The van der Waals surface area contributed by atoms with Crippen LogP contribution in [-0.2, 0) is 11.2 Å². The molecule has 2 saturated heterocycles. The minimum atomic E-state index is -0.202. The normalized spacial score (nSPS) is 16.4. The molecule has 9 rings (SSSR count). The van der Waals surface area contributed by atoms with E-state index < -0.39 is 0 Å². The molecule has 2 fully saturated rings. The third kappa shape index (κ3) is 5.35. The number of rotatable bonds is 5. The number of thiophene rings is 1. The van der Waals surface area contributed by atoms with E-state index in [4.69, 9.17) is 9.72 Å². The van der Waals surface area contributed by atoms with Gasteiger partial charge in [-0.25, -0.2) is 9.97 Å². The van der Waals surface area contributed by atoms with E-state index in [0.717, 1.165) is 94.8 Å². The van der Waals surface area contributed by atoms with Crippen LogP contribution in [0, 0.1) is 12.3 Å². The first-order chi connectivity index (χ1) is 24.4. The van der Waals surface area contributed by atoms with Gasteiger partial charge in [0, 0.05) is 66.2 Å². The third-order valence-electron chi connectivity index (χ3n) is 10.4. The summed E-state index contributed by atoms with van der Waals surface area (Å²) < 4.78 is 5.58. The molecule has 0 bridgehead atoms. The smallest absolute Gasteiger partial charge is 0.259 e. The van der Waals surface area contributed by atoms with Crippen LogP contribution in [0.4, 0.5) is 17.2 Å². The number of hydrogen-bond acceptors (Lipinski definition) is 7. The largest absolute Gasteiger partial charge is 0.381 e. The van der Waals surface area contributed by atoms with Crippen LogP contribution in [-0.4, -0.2) is 59.6 Å². The van der Waals surface area contributed by atoms with Gasteiger partial charge in [0.15, 0.2) is 0 Å². The van der Waals surface area contributed by atoms with Crippen LogP contribution in [0.25, 0.3) is 32.2 Å².